The van der Waals surface area contributed by atoms with E-state index in [4.69, 9.17) is 4.74 Å². The number of hydrogen-bond donors (Lipinski definition) is 2. The molecule has 2 amide bonds. The van der Waals surface area contributed by atoms with Crippen molar-refractivity contribution in [2.75, 3.05) is 44.6 Å². The van der Waals surface area contributed by atoms with Crippen LogP contribution in [0.15, 0.2) is 18.2 Å². The lowest BCUT2D eigenvalue weighted by molar-refractivity contribution is -0.116. The summed E-state index contributed by atoms with van der Waals surface area (Å²) >= 11 is 0. The highest BCUT2D eigenvalue weighted by Gasteiger charge is 2.14. The van der Waals surface area contributed by atoms with Crippen molar-refractivity contribution in [3.05, 3.63) is 23.8 Å². The molecule has 1 aromatic rings. The van der Waals surface area contributed by atoms with E-state index in [-0.39, 0.29) is 11.8 Å². The van der Waals surface area contributed by atoms with Crippen molar-refractivity contribution < 1.29 is 14.3 Å². The van der Waals surface area contributed by atoms with Crippen LogP contribution in [0.2, 0.25) is 0 Å². The average Bonchev–Trinajstić information content (AvgIpc) is 2.55. The molecule has 6 heteroatoms. The molecule has 0 saturated carbocycles. The van der Waals surface area contributed by atoms with Crippen LogP contribution in [0, 0.1) is 0 Å². The van der Waals surface area contributed by atoms with Gasteiger partial charge in [-0.2, -0.15) is 0 Å². The number of unbranched alkanes of at least 4 members (excludes halogenated alkanes) is 2. The number of amides is 2. The molecule has 2 N–H and O–H groups in total. The van der Waals surface area contributed by atoms with Crippen LogP contribution in [0.1, 0.15) is 43.0 Å². The van der Waals surface area contributed by atoms with E-state index in [2.05, 4.69) is 17.6 Å². The summed E-state index contributed by atoms with van der Waals surface area (Å²) < 4.78 is 4.95. The molecule has 0 aromatic heterocycles. The molecule has 0 saturated heterocycles. The molecule has 0 fully saturated rings. The third kappa shape index (κ3) is 6.58. The number of benzene rings is 1. The highest BCUT2D eigenvalue weighted by molar-refractivity contribution is 6.02. The summed E-state index contributed by atoms with van der Waals surface area (Å²) in [4.78, 5) is 26.2. The van der Waals surface area contributed by atoms with Crippen LogP contribution in [0.4, 0.5) is 11.4 Å². The number of carbonyl (C=O) groups excluding carboxylic acids is 2. The first kappa shape index (κ1) is 20.0. The molecule has 24 heavy (non-hydrogen) atoms. The standard InChI is InChI=1S/C18H29N3O3/c1-5-6-7-8-17(22)20-14-9-10-16(21(2)3)15(13-14)18(23)19-11-12-24-4/h9-10,13H,5-8,11-12H2,1-4H3,(H,19,23)(H,20,22). The van der Waals surface area contributed by atoms with Crippen LogP contribution >= 0.6 is 0 Å². The maximum atomic E-state index is 12.4. The summed E-state index contributed by atoms with van der Waals surface area (Å²) in [6, 6.07) is 5.38. The van der Waals surface area contributed by atoms with Crippen molar-refractivity contribution in [1.82, 2.24) is 5.32 Å². The number of anilines is 2. The van der Waals surface area contributed by atoms with E-state index in [1.807, 2.05) is 31.1 Å². The second-order valence-corrected chi connectivity index (χ2v) is 5.88. The van der Waals surface area contributed by atoms with Gasteiger partial charge in [0.15, 0.2) is 0 Å². The monoisotopic (exact) mass is 335 g/mol. The molecule has 0 aliphatic carbocycles. The molecule has 1 rings (SSSR count). The fourth-order valence-electron chi connectivity index (χ4n) is 2.31. The van der Waals surface area contributed by atoms with Crippen LogP contribution in [-0.4, -0.2) is 46.2 Å². The minimum Gasteiger partial charge on any atom is -0.383 e. The van der Waals surface area contributed by atoms with E-state index < -0.39 is 0 Å². The van der Waals surface area contributed by atoms with Crippen molar-refractivity contribution in [2.45, 2.75) is 32.6 Å². The first-order valence-electron chi connectivity index (χ1n) is 8.38. The zero-order valence-electron chi connectivity index (χ0n) is 15.1. The molecule has 0 spiro atoms. The first-order valence-corrected chi connectivity index (χ1v) is 8.38. The third-order valence-corrected chi connectivity index (χ3v) is 3.61. The van der Waals surface area contributed by atoms with Gasteiger partial charge in [0.2, 0.25) is 5.91 Å². The number of carbonyl (C=O) groups is 2. The number of hydrogen-bond acceptors (Lipinski definition) is 4. The van der Waals surface area contributed by atoms with E-state index in [0.29, 0.717) is 30.8 Å². The predicted octanol–water partition coefficient (Wildman–Crippen LogP) is 2.65. The Kier molecular flexibility index (Phi) is 8.86. The van der Waals surface area contributed by atoms with Gasteiger partial charge in [0.1, 0.15) is 0 Å². The summed E-state index contributed by atoms with van der Waals surface area (Å²) in [6.45, 7) is 3.00. The van der Waals surface area contributed by atoms with E-state index in [1.165, 1.54) is 0 Å². The van der Waals surface area contributed by atoms with Crippen LogP contribution in [0.3, 0.4) is 0 Å². The Bertz CT molecular complexity index is 544. The van der Waals surface area contributed by atoms with E-state index >= 15 is 0 Å². The SMILES string of the molecule is CCCCCC(=O)Nc1ccc(N(C)C)c(C(=O)NCCOC)c1. The lowest BCUT2D eigenvalue weighted by atomic mass is 10.1. The molecule has 0 heterocycles. The van der Waals surface area contributed by atoms with Gasteiger partial charge in [-0.25, -0.2) is 0 Å². The van der Waals surface area contributed by atoms with E-state index in [9.17, 15) is 9.59 Å². The first-order chi connectivity index (χ1) is 11.5. The molecule has 0 atom stereocenters. The molecule has 0 aliphatic heterocycles. The lowest BCUT2D eigenvalue weighted by Gasteiger charge is -2.18. The van der Waals surface area contributed by atoms with Crippen molar-refractivity contribution in [1.29, 1.82) is 0 Å². The highest BCUT2D eigenvalue weighted by Crippen LogP contribution is 2.23. The van der Waals surface area contributed by atoms with Gasteiger partial charge in [-0.3, -0.25) is 9.59 Å². The van der Waals surface area contributed by atoms with Crippen LogP contribution < -0.4 is 15.5 Å². The number of ether oxygens (including phenoxy) is 1. The molecule has 0 aliphatic rings. The molecule has 0 bridgehead atoms. The molecule has 0 radical (unpaired) electrons. The van der Waals surface area contributed by atoms with E-state index in [1.54, 1.807) is 13.2 Å². The topological polar surface area (TPSA) is 70.7 Å². The maximum Gasteiger partial charge on any atom is 0.253 e. The molecule has 134 valence electrons. The van der Waals surface area contributed by atoms with Gasteiger partial charge in [-0.15, -0.1) is 0 Å². The van der Waals surface area contributed by atoms with Crippen LogP contribution in [0.5, 0.6) is 0 Å². The smallest absolute Gasteiger partial charge is 0.253 e. The summed E-state index contributed by atoms with van der Waals surface area (Å²) in [7, 11) is 5.35. The van der Waals surface area contributed by atoms with Gasteiger partial charge in [-0.1, -0.05) is 19.8 Å². The zero-order chi connectivity index (χ0) is 17.9. The Hall–Kier alpha value is -2.08. The summed E-state index contributed by atoms with van der Waals surface area (Å²) in [5.74, 6) is -0.204. The molecular formula is C18H29N3O3. The van der Waals surface area contributed by atoms with Gasteiger partial charge in [0.25, 0.3) is 5.91 Å². The summed E-state index contributed by atoms with van der Waals surface area (Å²) in [5, 5.41) is 5.68. The van der Waals surface area contributed by atoms with Gasteiger partial charge in [-0.05, 0) is 24.6 Å². The minimum atomic E-state index is -0.183. The number of nitrogens with one attached hydrogen (secondary N) is 2. The average molecular weight is 335 g/mol. The third-order valence-electron chi connectivity index (χ3n) is 3.61. The molecule has 1 aromatic carbocycles. The fourth-order valence-corrected chi connectivity index (χ4v) is 2.31. The normalized spacial score (nSPS) is 10.3. The lowest BCUT2D eigenvalue weighted by Crippen LogP contribution is -2.28. The Morgan fingerprint density at radius 1 is 1.21 bits per heavy atom. The number of rotatable bonds is 10. The minimum absolute atomic E-state index is 0.0215. The quantitative estimate of drug-likeness (QED) is 0.645. The summed E-state index contributed by atoms with van der Waals surface area (Å²) in [6.07, 6.45) is 3.50. The second-order valence-electron chi connectivity index (χ2n) is 5.88. The largest absolute Gasteiger partial charge is 0.383 e. The van der Waals surface area contributed by atoms with Gasteiger partial charge >= 0.3 is 0 Å². The fraction of sp³-hybridized carbons (Fsp3) is 0.556. The second kappa shape index (κ2) is 10.6. The Labute approximate surface area is 144 Å². The van der Waals surface area contributed by atoms with E-state index in [0.717, 1.165) is 24.9 Å². The Morgan fingerprint density at radius 3 is 2.58 bits per heavy atom. The summed E-state index contributed by atoms with van der Waals surface area (Å²) in [5.41, 5.74) is 1.97. The van der Waals surface area contributed by atoms with Gasteiger partial charge in [0.05, 0.1) is 12.2 Å². The molecular weight excluding hydrogens is 306 g/mol. The van der Waals surface area contributed by atoms with Gasteiger partial charge < -0.3 is 20.3 Å². The number of methoxy groups -OCH3 is 1. The molecule has 0 unspecified atom stereocenters. The Balaban J connectivity index is 2.83. The predicted molar refractivity (Wildman–Crippen MR) is 97.7 cm³/mol. The van der Waals surface area contributed by atoms with Crippen LogP contribution in [-0.2, 0) is 9.53 Å². The maximum absolute atomic E-state index is 12.4. The zero-order valence-corrected chi connectivity index (χ0v) is 15.1. The highest BCUT2D eigenvalue weighted by atomic mass is 16.5. The van der Waals surface area contributed by atoms with Gasteiger partial charge in [0, 0.05) is 45.5 Å². The van der Waals surface area contributed by atoms with Crippen LogP contribution in [0.25, 0.3) is 0 Å². The van der Waals surface area contributed by atoms with Crippen molar-refractivity contribution in [2.24, 2.45) is 0 Å². The van der Waals surface area contributed by atoms with Crippen molar-refractivity contribution >= 4 is 23.2 Å². The van der Waals surface area contributed by atoms with Crippen molar-refractivity contribution in [3.8, 4) is 0 Å². The molecule has 6 nitrogen and oxygen atoms in total. The van der Waals surface area contributed by atoms with Crippen molar-refractivity contribution in [3.63, 3.8) is 0 Å². The number of nitrogens with zero attached hydrogens (tertiary/aromatic N) is 1. The Morgan fingerprint density at radius 2 is 1.96 bits per heavy atom.